The van der Waals surface area contributed by atoms with Crippen molar-refractivity contribution in [3.05, 3.63) is 91.0 Å². The van der Waals surface area contributed by atoms with Gasteiger partial charge in [-0.25, -0.2) is 0 Å². The van der Waals surface area contributed by atoms with Crippen molar-refractivity contribution in [2.75, 3.05) is 0 Å². The Hall–Kier alpha value is -3.64. The molecule has 1 heterocycles. The fraction of sp³-hybridized carbons (Fsp3) is 0.280. The van der Waals surface area contributed by atoms with Crippen molar-refractivity contribution in [3.8, 4) is 11.8 Å². The molecule has 0 aromatic heterocycles. The van der Waals surface area contributed by atoms with Crippen molar-refractivity contribution in [1.29, 1.82) is 5.26 Å². The average Bonchev–Trinajstić information content (AvgIpc) is 2.76. The first-order chi connectivity index (χ1) is 16.1. The number of nitrogens with two attached hydrogens (primary N) is 1. The zero-order chi connectivity index (χ0) is 24.6. The highest BCUT2D eigenvalue weighted by Gasteiger charge is 2.43. The molecule has 1 aliphatic carbocycles. The molecule has 0 bridgehead atoms. The molecule has 2 aliphatic rings. The molecule has 2 aromatic carbocycles. The molecule has 1 aliphatic heterocycles. The number of ether oxygens (including phenoxy) is 2. The van der Waals surface area contributed by atoms with E-state index in [1.165, 1.54) is 12.1 Å². The fourth-order valence-electron chi connectivity index (χ4n) is 4.31. The number of allylic oxidation sites excluding steroid dienone is 3. The van der Waals surface area contributed by atoms with Crippen molar-refractivity contribution < 1.29 is 19.2 Å². The molecule has 0 spiro atoms. The number of nitriles is 1. The Morgan fingerprint density at radius 1 is 1.26 bits per heavy atom. The number of non-ortho nitro benzene ring substituents is 1. The van der Waals surface area contributed by atoms with Crippen LogP contribution in [0.5, 0.6) is 5.75 Å². The Balaban J connectivity index is 1.62. The first-order valence-corrected chi connectivity index (χ1v) is 11.4. The van der Waals surface area contributed by atoms with E-state index >= 15 is 0 Å². The van der Waals surface area contributed by atoms with E-state index in [2.05, 4.69) is 22.0 Å². The summed E-state index contributed by atoms with van der Waals surface area (Å²) >= 11 is 3.52. The van der Waals surface area contributed by atoms with Crippen LogP contribution in [0.1, 0.15) is 43.7 Å². The monoisotopic (exact) mass is 523 g/mol. The van der Waals surface area contributed by atoms with Crippen molar-refractivity contribution in [1.82, 2.24) is 0 Å². The van der Waals surface area contributed by atoms with Crippen molar-refractivity contribution in [2.24, 2.45) is 11.1 Å². The molecule has 0 unspecified atom stereocenters. The largest absolute Gasteiger partial charge is 0.488 e. The summed E-state index contributed by atoms with van der Waals surface area (Å²) < 4.78 is 12.2. The first-order valence-electron chi connectivity index (χ1n) is 10.6. The predicted octanol–water partition coefficient (Wildman–Crippen LogP) is 5.39. The van der Waals surface area contributed by atoms with Gasteiger partial charge in [0.1, 0.15) is 29.8 Å². The second kappa shape index (κ2) is 8.95. The minimum absolute atomic E-state index is 0.0145. The summed E-state index contributed by atoms with van der Waals surface area (Å²) in [5.41, 5.74) is 8.03. The average molecular weight is 524 g/mol. The number of halogens is 1. The number of carbonyl (C=O) groups is 1. The number of ketones is 1. The summed E-state index contributed by atoms with van der Waals surface area (Å²) in [4.78, 5) is 23.4. The molecule has 4 rings (SSSR count). The van der Waals surface area contributed by atoms with E-state index in [1.54, 1.807) is 24.3 Å². The molecule has 0 fully saturated rings. The SMILES string of the molecule is CC1(C)CC(=O)C2=C(C1)OC(N)=C(C#N)[C@H]2c1ccc(OCc2ccc([N+](=O)[O-])cc2)c(Br)c1. The number of nitro groups is 1. The number of carbonyl (C=O) groups excluding carboxylic acids is 1. The van der Waals surface area contributed by atoms with Crippen molar-refractivity contribution in [2.45, 2.75) is 39.2 Å². The Kier molecular flexibility index (Phi) is 6.19. The van der Waals surface area contributed by atoms with E-state index in [4.69, 9.17) is 15.2 Å². The summed E-state index contributed by atoms with van der Waals surface area (Å²) in [5, 5.41) is 20.6. The predicted molar refractivity (Wildman–Crippen MR) is 127 cm³/mol. The Morgan fingerprint density at radius 3 is 2.59 bits per heavy atom. The van der Waals surface area contributed by atoms with Crippen LogP contribution in [0, 0.1) is 26.9 Å². The van der Waals surface area contributed by atoms with Gasteiger partial charge in [-0.2, -0.15) is 5.26 Å². The lowest BCUT2D eigenvalue weighted by Crippen LogP contribution is -2.33. The topological polar surface area (TPSA) is 128 Å². The number of hydrogen-bond acceptors (Lipinski definition) is 7. The molecule has 9 heteroatoms. The maximum absolute atomic E-state index is 13.1. The second-order valence-corrected chi connectivity index (χ2v) is 9.96. The van der Waals surface area contributed by atoms with Gasteiger partial charge in [0, 0.05) is 30.5 Å². The van der Waals surface area contributed by atoms with Crippen molar-refractivity contribution >= 4 is 27.4 Å². The molecular weight excluding hydrogens is 502 g/mol. The summed E-state index contributed by atoms with van der Waals surface area (Å²) in [6.07, 6.45) is 0.920. The zero-order valence-corrected chi connectivity index (χ0v) is 20.2. The van der Waals surface area contributed by atoms with Crippen LogP contribution >= 0.6 is 15.9 Å². The minimum atomic E-state index is -0.614. The smallest absolute Gasteiger partial charge is 0.269 e. The van der Waals surface area contributed by atoms with Crippen LogP contribution in [0.25, 0.3) is 0 Å². The normalized spacial score (nSPS) is 19.2. The maximum Gasteiger partial charge on any atom is 0.269 e. The lowest BCUT2D eigenvalue weighted by molar-refractivity contribution is -0.384. The quantitative estimate of drug-likeness (QED) is 0.410. The lowest BCUT2D eigenvalue weighted by Gasteiger charge is -2.37. The standard InChI is InChI=1S/C25H22BrN3O5/c1-25(2)10-19(30)23-21(11-25)34-24(28)17(12-27)22(23)15-5-8-20(18(26)9-15)33-13-14-3-6-16(7-4-14)29(31)32/h3-9,22H,10-11,13,28H2,1-2H3/t22-/m1/s1. The zero-order valence-electron chi connectivity index (χ0n) is 18.6. The maximum atomic E-state index is 13.1. The number of nitro benzene ring substituents is 1. The molecular formula is C25H22BrN3O5. The van der Waals surface area contributed by atoms with Crippen LogP contribution in [0.2, 0.25) is 0 Å². The lowest BCUT2D eigenvalue weighted by atomic mass is 9.70. The van der Waals surface area contributed by atoms with Crippen LogP contribution in [0.4, 0.5) is 5.69 Å². The molecule has 0 radical (unpaired) electrons. The molecule has 2 aromatic rings. The number of Topliss-reactive ketones (excluding diaryl/α,β-unsaturated/α-hetero) is 1. The molecule has 0 saturated heterocycles. The third kappa shape index (κ3) is 4.54. The second-order valence-electron chi connectivity index (χ2n) is 9.10. The van der Waals surface area contributed by atoms with E-state index in [9.17, 15) is 20.2 Å². The fourth-order valence-corrected chi connectivity index (χ4v) is 4.82. The third-order valence-corrected chi connectivity index (χ3v) is 6.53. The molecule has 2 N–H and O–H groups in total. The van der Waals surface area contributed by atoms with Crippen LogP contribution < -0.4 is 10.5 Å². The highest BCUT2D eigenvalue weighted by Crippen LogP contribution is 2.48. The van der Waals surface area contributed by atoms with E-state index in [-0.39, 0.29) is 34.9 Å². The van der Waals surface area contributed by atoms with Gasteiger partial charge in [-0.3, -0.25) is 14.9 Å². The van der Waals surface area contributed by atoms with Gasteiger partial charge in [0.05, 0.1) is 15.3 Å². The number of nitrogens with zero attached hydrogens (tertiary/aromatic N) is 2. The third-order valence-electron chi connectivity index (χ3n) is 5.91. The van der Waals surface area contributed by atoms with E-state index in [0.29, 0.717) is 34.4 Å². The van der Waals surface area contributed by atoms with Crippen LogP contribution in [0.3, 0.4) is 0 Å². The molecule has 0 amide bonds. The van der Waals surface area contributed by atoms with Gasteiger partial charge in [-0.1, -0.05) is 19.9 Å². The van der Waals surface area contributed by atoms with E-state index in [1.807, 2.05) is 19.9 Å². The number of rotatable bonds is 5. The van der Waals surface area contributed by atoms with Crippen LogP contribution in [-0.4, -0.2) is 10.7 Å². The highest BCUT2D eigenvalue weighted by molar-refractivity contribution is 9.10. The van der Waals surface area contributed by atoms with Gasteiger partial charge in [0.2, 0.25) is 5.88 Å². The van der Waals surface area contributed by atoms with Gasteiger partial charge < -0.3 is 15.2 Å². The molecule has 174 valence electrons. The summed E-state index contributed by atoms with van der Waals surface area (Å²) in [6, 6.07) is 13.6. The highest BCUT2D eigenvalue weighted by atomic mass is 79.9. The summed E-state index contributed by atoms with van der Waals surface area (Å²) in [6.45, 7) is 4.22. The Morgan fingerprint density at radius 2 is 1.97 bits per heavy atom. The van der Waals surface area contributed by atoms with Gasteiger partial charge in [0.25, 0.3) is 5.69 Å². The number of benzene rings is 2. The summed E-state index contributed by atoms with van der Waals surface area (Å²) in [7, 11) is 0. The molecule has 0 saturated carbocycles. The molecule has 8 nitrogen and oxygen atoms in total. The minimum Gasteiger partial charge on any atom is -0.488 e. The van der Waals surface area contributed by atoms with E-state index < -0.39 is 10.8 Å². The van der Waals surface area contributed by atoms with Gasteiger partial charge in [-0.05, 0) is 56.7 Å². The van der Waals surface area contributed by atoms with Crippen LogP contribution in [-0.2, 0) is 16.1 Å². The van der Waals surface area contributed by atoms with Crippen molar-refractivity contribution in [3.63, 3.8) is 0 Å². The molecule has 1 atom stereocenters. The molecule has 34 heavy (non-hydrogen) atoms. The van der Waals surface area contributed by atoms with Gasteiger partial charge >= 0.3 is 0 Å². The summed E-state index contributed by atoms with van der Waals surface area (Å²) in [5.74, 6) is 0.433. The Labute approximate surface area is 204 Å². The van der Waals surface area contributed by atoms with Gasteiger partial charge in [-0.15, -0.1) is 0 Å². The van der Waals surface area contributed by atoms with E-state index in [0.717, 1.165) is 11.1 Å². The number of hydrogen-bond donors (Lipinski definition) is 1. The van der Waals surface area contributed by atoms with Gasteiger partial charge in [0.15, 0.2) is 5.78 Å². The van der Waals surface area contributed by atoms with Crippen LogP contribution in [0.15, 0.2) is 69.7 Å². The first kappa shape index (κ1) is 23.5. The Bertz CT molecular complexity index is 1290.